The van der Waals surface area contributed by atoms with Gasteiger partial charge in [-0.05, 0) is 44.7 Å². The van der Waals surface area contributed by atoms with E-state index < -0.39 is 0 Å². The van der Waals surface area contributed by atoms with Gasteiger partial charge in [0, 0.05) is 18.8 Å². The maximum atomic E-state index is 11.6. The highest BCUT2D eigenvalue weighted by Crippen LogP contribution is 2.11. The molecular weight excluding hydrogens is 238 g/mol. The second-order valence-corrected chi connectivity index (χ2v) is 5.31. The molecule has 0 saturated carbocycles. The fourth-order valence-corrected chi connectivity index (χ4v) is 1.78. The van der Waals surface area contributed by atoms with Gasteiger partial charge in [-0.25, -0.2) is 4.98 Å². The van der Waals surface area contributed by atoms with E-state index in [4.69, 9.17) is 0 Å². The lowest BCUT2D eigenvalue weighted by Gasteiger charge is -2.15. The zero-order chi connectivity index (χ0) is 14.3. The van der Waals surface area contributed by atoms with Crippen LogP contribution in [0.1, 0.15) is 50.9 Å². The van der Waals surface area contributed by atoms with E-state index in [-0.39, 0.29) is 5.91 Å². The highest BCUT2D eigenvalue weighted by Gasteiger charge is 2.07. The monoisotopic (exact) mass is 263 g/mol. The van der Waals surface area contributed by atoms with Gasteiger partial charge in [0.15, 0.2) is 0 Å². The Morgan fingerprint density at radius 3 is 2.53 bits per heavy atom. The first-order valence-corrected chi connectivity index (χ1v) is 7.03. The number of aromatic nitrogens is 1. The fraction of sp³-hybridized carbons (Fsp3) is 0.600. The first kappa shape index (κ1) is 15.5. The van der Waals surface area contributed by atoms with Crippen molar-refractivity contribution >= 4 is 11.7 Å². The number of hydrogen-bond acceptors (Lipinski definition) is 3. The van der Waals surface area contributed by atoms with Crippen LogP contribution >= 0.6 is 0 Å². The average molecular weight is 263 g/mol. The summed E-state index contributed by atoms with van der Waals surface area (Å²) in [5, 5.41) is 6.11. The van der Waals surface area contributed by atoms with Gasteiger partial charge in [-0.3, -0.25) is 4.79 Å². The predicted octanol–water partition coefficient (Wildman–Crippen LogP) is 3.07. The van der Waals surface area contributed by atoms with Crippen LogP contribution in [0.15, 0.2) is 18.3 Å². The van der Waals surface area contributed by atoms with Gasteiger partial charge in [-0.15, -0.1) is 0 Å². The second kappa shape index (κ2) is 7.77. The van der Waals surface area contributed by atoms with Crippen LogP contribution in [-0.2, 0) is 0 Å². The van der Waals surface area contributed by atoms with Crippen molar-refractivity contribution in [1.29, 1.82) is 0 Å². The third kappa shape index (κ3) is 5.73. The Labute approximate surface area is 116 Å². The molecule has 1 heterocycles. The zero-order valence-corrected chi connectivity index (χ0v) is 12.4. The van der Waals surface area contributed by atoms with Crippen LogP contribution in [0.3, 0.4) is 0 Å². The van der Waals surface area contributed by atoms with Crippen LogP contribution in [0.25, 0.3) is 0 Å². The molecule has 1 atom stereocenters. The number of pyridine rings is 1. The molecule has 0 aliphatic heterocycles. The first-order valence-electron chi connectivity index (χ1n) is 7.03. The lowest BCUT2D eigenvalue weighted by Crippen LogP contribution is -2.23. The number of carbonyl (C=O) groups is 1. The molecule has 0 aliphatic carbocycles. The quantitative estimate of drug-likeness (QED) is 0.795. The summed E-state index contributed by atoms with van der Waals surface area (Å²) < 4.78 is 0. The van der Waals surface area contributed by atoms with E-state index in [1.807, 2.05) is 13.0 Å². The molecule has 2 N–H and O–H groups in total. The molecule has 1 aromatic rings. The minimum absolute atomic E-state index is 0.0746. The standard InChI is InChI=1S/C15H25N3O/c1-5-16-15(19)13-8-9-14(17-10-13)18-12(4)7-6-11(2)3/h8-12H,5-7H2,1-4H3,(H,16,19)(H,17,18). The molecule has 4 heteroatoms. The van der Waals surface area contributed by atoms with Gasteiger partial charge in [0.2, 0.25) is 0 Å². The number of nitrogens with one attached hydrogen (secondary N) is 2. The molecule has 0 aliphatic rings. The summed E-state index contributed by atoms with van der Waals surface area (Å²) in [5.74, 6) is 1.47. The van der Waals surface area contributed by atoms with Crippen LogP contribution < -0.4 is 10.6 Å². The Morgan fingerprint density at radius 2 is 2.00 bits per heavy atom. The van der Waals surface area contributed by atoms with Gasteiger partial charge in [0.25, 0.3) is 5.91 Å². The van der Waals surface area contributed by atoms with Crippen molar-refractivity contribution < 1.29 is 4.79 Å². The molecule has 0 bridgehead atoms. The minimum atomic E-state index is -0.0746. The molecule has 106 valence electrons. The number of hydrogen-bond donors (Lipinski definition) is 2. The van der Waals surface area contributed by atoms with Crippen molar-refractivity contribution in [2.75, 3.05) is 11.9 Å². The van der Waals surface area contributed by atoms with E-state index in [2.05, 4.69) is 36.4 Å². The maximum absolute atomic E-state index is 11.6. The molecule has 4 nitrogen and oxygen atoms in total. The van der Waals surface area contributed by atoms with E-state index in [0.717, 1.165) is 18.2 Å². The summed E-state index contributed by atoms with van der Waals surface area (Å²) in [5.41, 5.74) is 0.599. The molecule has 0 radical (unpaired) electrons. The van der Waals surface area contributed by atoms with Crippen LogP contribution in [0.4, 0.5) is 5.82 Å². The van der Waals surface area contributed by atoms with Gasteiger partial charge in [-0.1, -0.05) is 13.8 Å². The molecule has 1 aromatic heterocycles. The maximum Gasteiger partial charge on any atom is 0.252 e. The van der Waals surface area contributed by atoms with Crippen LogP contribution in [0.2, 0.25) is 0 Å². The van der Waals surface area contributed by atoms with Gasteiger partial charge < -0.3 is 10.6 Å². The van der Waals surface area contributed by atoms with Crippen molar-refractivity contribution in [2.45, 2.75) is 46.6 Å². The minimum Gasteiger partial charge on any atom is -0.368 e. The Morgan fingerprint density at radius 1 is 1.26 bits per heavy atom. The third-order valence-electron chi connectivity index (χ3n) is 2.93. The third-order valence-corrected chi connectivity index (χ3v) is 2.93. The summed E-state index contributed by atoms with van der Waals surface area (Å²) in [6, 6.07) is 4.05. The molecular formula is C15H25N3O. The number of anilines is 1. The first-order chi connectivity index (χ1) is 9.02. The summed E-state index contributed by atoms with van der Waals surface area (Å²) >= 11 is 0. The van der Waals surface area contributed by atoms with Crippen molar-refractivity contribution in [1.82, 2.24) is 10.3 Å². The van der Waals surface area contributed by atoms with Crippen LogP contribution in [0.5, 0.6) is 0 Å². The Balaban J connectivity index is 2.50. The summed E-state index contributed by atoms with van der Waals surface area (Å²) in [4.78, 5) is 15.9. The van der Waals surface area contributed by atoms with Crippen LogP contribution in [-0.4, -0.2) is 23.5 Å². The van der Waals surface area contributed by atoms with Gasteiger partial charge in [0.05, 0.1) is 5.56 Å². The van der Waals surface area contributed by atoms with E-state index >= 15 is 0 Å². The van der Waals surface area contributed by atoms with Crippen molar-refractivity contribution in [3.05, 3.63) is 23.9 Å². The molecule has 1 rings (SSSR count). The fourth-order valence-electron chi connectivity index (χ4n) is 1.78. The number of amides is 1. The smallest absolute Gasteiger partial charge is 0.252 e. The van der Waals surface area contributed by atoms with Crippen molar-refractivity contribution in [2.24, 2.45) is 5.92 Å². The van der Waals surface area contributed by atoms with E-state index in [0.29, 0.717) is 18.2 Å². The summed E-state index contributed by atoms with van der Waals surface area (Å²) in [7, 11) is 0. The molecule has 1 amide bonds. The SMILES string of the molecule is CCNC(=O)c1ccc(NC(C)CCC(C)C)nc1. The van der Waals surface area contributed by atoms with Gasteiger partial charge in [0.1, 0.15) is 5.82 Å². The van der Waals surface area contributed by atoms with E-state index in [1.165, 1.54) is 6.42 Å². The van der Waals surface area contributed by atoms with Crippen molar-refractivity contribution in [3.63, 3.8) is 0 Å². The second-order valence-electron chi connectivity index (χ2n) is 5.31. The molecule has 1 unspecified atom stereocenters. The van der Waals surface area contributed by atoms with Crippen molar-refractivity contribution in [3.8, 4) is 0 Å². The molecule has 0 spiro atoms. The van der Waals surface area contributed by atoms with Gasteiger partial charge in [-0.2, -0.15) is 0 Å². The predicted molar refractivity (Wildman–Crippen MR) is 79.4 cm³/mol. The molecule has 19 heavy (non-hydrogen) atoms. The lowest BCUT2D eigenvalue weighted by atomic mass is 10.0. The topological polar surface area (TPSA) is 54.0 Å². The molecule has 0 fully saturated rings. The lowest BCUT2D eigenvalue weighted by molar-refractivity contribution is 0.0955. The summed E-state index contributed by atoms with van der Waals surface area (Å²) in [6.45, 7) is 9.14. The largest absolute Gasteiger partial charge is 0.368 e. The average Bonchev–Trinajstić information content (AvgIpc) is 2.37. The number of nitrogens with zero attached hydrogens (tertiary/aromatic N) is 1. The van der Waals surface area contributed by atoms with Crippen LogP contribution in [0, 0.1) is 5.92 Å². The van der Waals surface area contributed by atoms with Gasteiger partial charge >= 0.3 is 0 Å². The highest BCUT2D eigenvalue weighted by molar-refractivity contribution is 5.93. The highest BCUT2D eigenvalue weighted by atomic mass is 16.1. The Kier molecular flexibility index (Phi) is 6.33. The summed E-state index contributed by atoms with van der Waals surface area (Å²) in [6.07, 6.45) is 3.94. The number of rotatable bonds is 7. The Bertz CT molecular complexity index is 387. The Hall–Kier alpha value is -1.58. The molecule has 0 aromatic carbocycles. The van der Waals surface area contributed by atoms with E-state index in [1.54, 1.807) is 12.3 Å². The van der Waals surface area contributed by atoms with E-state index in [9.17, 15) is 4.79 Å². The normalized spacial score (nSPS) is 12.3. The molecule has 0 saturated heterocycles. The zero-order valence-electron chi connectivity index (χ0n) is 12.4. The number of carbonyl (C=O) groups excluding carboxylic acids is 1.